The zero-order valence-corrected chi connectivity index (χ0v) is 29.7. The van der Waals surface area contributed by atoms with Crippen LogP contribution in [0.4, 0.5) is 11.4 Å². The van der Waals surface area contributed by atoms with E-state index in [2.05, 4.69) is 101 Å². The zero-order valence-electron chi connectivity index (χ0n) is 29.7. The maximum Gasteiger partial charge on any atom is 0.0903 e. The Kier molecular flexibility index (Phi) is 13.0. The van der Waals surface area contributed by atoms with E-state index in [0.717, 1.165) is 42.6 Å². The predicted molar refractivity (Wildman–Crippen MR) is 188 cm³/mol. The number of aliphatic imine (C=N–C) groups is 2. The number of para-hydroxylation sites is 2. The largest absolute Gasteiger partial charge is 0.396 e. The van der Waals surface area contributed by atoms with Crippen LogP contribution in [0.25, 0.3) is 0 Å². The van der Waals surface area contributed by atoms with Gasteiger partial charge in [-0.05, 0) is 63.7 Å². The normalized spacial score (nSPS) is 20.1. The summed E-state index contributed by atoms with van der Waals surface area (Å²) >= 11 is 0. The lowest BCUT2D eigenvalue weighted by atomic mass is 9.69. The van der Waals surface area contributed by atoms with Crippen molar-refractivity contribution in [2.24, 2.45) is 43.5 Å². The van der Waals surface area contributed by atoms with E-state index in [-0.39, 0.29) is 46.2 Å². The van der Waals surface area contributed by atoms with Crippen molar-refractivity contribution in [3.63, 3.8) is 0 Å². The Bertz CT molecular complexity index is 1190. The van der Waals surface area contributed by atoms with Gasteiger partial charge in [0.25, 0.3) is 0 Å². The molecule has 0 bridgehead atoms. The number of hydrogen-bond acceptors (Lipinski definition) is 4. The summed E-state index contributed by atoms with van der Waals surface area (Å²) in [4.78, 5) is 9.81. The molecule has 0 spiro atoms. The maximum atomic E-state index is 10.1. The van der Waals surface area contributed by atoms with Crippen LogP contribution in [0.1, 0.15) is 109 Å². The Balaban J connectivity index is 2.35. The van der Waals surface area contributed by atoms with E-state index < -0.39 is 0 Å². The fourth-order valence-electron chi connectivity index (χ4n) is 5.49. The molecule has 0 aliphatic heterocycles. The summed E-state index contributed by atoms with van der Waals surface area (Å²) in [5.41, 5.74) is 5.89. The van der Waals surface area contributed by atoms with E-state index in [1.807, 2.05) is 36.7 Å². The first-order chi connectivity index (χ1) is 19.8. The molecule has 1 aliphatic rings. The van der Waals surface area contributed by atoms with Gasteiger partial charge in [0, 0.05) is 38.5 Å². The molecule has 0 saturated carbocycles. The molecule has 0 fully saturated rings. The maximum absolute atomic E-state index is 10.1. The molecule has 2 unspecified atom stereocenters. The molecule has 43 heavy (non-hydrogen) atoms. The standard InChI is InChI=1S/C39H62N2O2/c1-14-39(11,12)25-28(22-31(27-42)37(5,6)7)18-17-21-40-33-19-15-16-20-34(33)41-26-29-23-30(36(2,3)4)24-32(35(29)43-13)38(8,9)10/h15-16,18-21,23-24,26,31-32,35,42H,14,17,22,25,27H2,1-13H3/b28-18+,40-21?,41-26?/t31?,32?,35-/m1/s1. The minimum atomic E-state index is -0.0581. The number of benzene rings is 1. The molecule has 1 aliphatic carbocycles. The lowest BCUT2D eigenvalue weighted by Crippen LogP contribution is -2.37. The SMILES string of the molecule is CCC(C)(C)C/C(=C/CC=Nc1ccccc1N=CC1=CC(C(C)(C)C)=CC(C(C)(C)C)[C@@H]1OC)CC(CO)C(C)(C)C. The zero-order chi connectivity index (χ0) is 32.6. The Hall–Kier alpha value is -2.30. The number of rotatable bonds is 12. The Morgan fingerprint density at radius 3 is 2.05 bits per heavy atom. The van der Waals surface area contributed by atoms with Crippen LogP contribution < -0.4 is 0 Å². The predicted octanol–water partition coefficient (Wildman–Crippen LogP) is 10.9. The quantitative estimate of drug-likeness (QED) is 0.194. The van der Waals surface area contributed by atoms with Gasteiger partial charge in [-0.25, -0.2) is 0 Å². The molecule has 4 nitrogen and oxygen atoms in total. The minimum absolute atomic E-state index is 0.0340. The first kappa shape index (κ1) is 36.9. The molecule has 1 N–H and O–H groups in total. The molecular weight excluding hydrogens is 528 g/mol. The van der Waals surface area contributed by atoms with Gasteiger partial charge in [-0.2, -0.15) is 0 Å². The third kappa shape index (κ3) is 11.3. The van der Waals surface area contributed by atoms with Gasteiger partial charge >= 0.3 is 0 Å². The molecule has 1 aromatic rings. The van der Waals surface area contributed by atoms with E-state index in [1.165, 1.54) is 11.1 Å². The van der Waals surface area contributed by atoms with Gasteiger partial charge in [-0.1, -0.05) is 125 Å². The van der Waals surface area contributed by atoms with Crippen molar-refractivity contribution in [2.75, 3.05) is 13.7 Å². The molecule has 0 amide bonds. The second kappa shape index (κ2) is 15.1. The number of nitrogens with zero attached hydrogens (tertiary/aromatic N) is 2. The van der Waals surface area contributed by atoms with Crippen LogP contribution in [0.5, 0.6) is 0 Å². The third-order valence-electron chi connectivity index (χ3n) is 9.05. The molecule has 1 aromatic carbocycles. The highest BCUT2D eigenvalue weighted by atomic mass is 16.5. The number of methoxy groups -OCH3 is 1. The Morgan fingerprint density at radius 2 is 1.56 bits per heavy atom. The summed E-state index contributed by atoms with van der Waals surface area (Å²) in [7, 11) is 1.80. The van der Waals surface area contributed by atoms with Crippen LogP contribution >= 0.6 is 0 Å². The number of aliphatic hydroxyl groups excluding tert-OH is 1. The highest BCUT2D eigenvalue weighted by Crippen LogP contribution is 2.42. The Morgan fingerprint density at radius 1 is 0.953 bits per heavy atom. The molecule has 2 rings (SSSR count). The second-order valence-electron chi connectivity index (χ2n) is 16.4. The smallest absolute Gasteiger partial charge is 0.0903 e. The van der Waals surface area contributed by atoms with Crippen LogP contribution in [0.3, 0.4) is 0 Å². The van der Waals surface area contributed by atoms with Gasteiger partial charge in [0.15, 0.2) is 0 Å². The molecule has 4 heteroatoms. The third-order valence-corrected chi connectivity index (χ3v) is 9.05. The topological polar surface area (TPSA) is 54.2 Å². The summed E-state index contributed by atoms with van der Waals surface area (Å²) in [6.07, 6.45) is 14.7. The second-order valence-corrected chi connectivity index (χ2v) is 16.4. The summed E-state index contributed by atoms with van der Waals surface area (Å²) < 4.78 is 6.07. The highest BCUT2D eigenvalue weighted by Gasteiger charge is 2.37. The van der Waals surface area contributed by atoms with Crippen molar-refractivity contribution in [1.29, 1.82) is 0 Å². The van der Waals surface area contributed by atoms with Gasteiger partial charge in [-0.3, -0.25) is 9.98 Å². The minimum Gasteiger partial charge on any atom is -0.396 e. The molecule has 0 saturated heterocycles. The van der Waals surface area contributed by atoms with Crippen molar-refractivity contribution in [3.05, 3.63) is 59.2 Å². The summed E-state index contributed by atoms with van der Waals surface area (Å²) in [6.45, 7) is 27.4. The van der Waals surface area contributed by atoms with Crippen molar-refractivity contribution < 1.29 is 9.84 Å². The van der Waals surface area contributed by atoms with E-state index in [9.17, 15) is 5.11 Å². The first-order valence-electron chi connectivity index (χ1n) is 16.2. The summed E-state index contributed by atoms with van der Waals surface area (Å²) in [5, 5.41) is 10.1. The van der Waals surface area contributed by atoms with Crippen LogP contribution in [-0.4, -0.2) is 37.4 Å². The van der Waals surface area contributed by atoms with Crippen molar-refractivity contribution in [1.82, 2.24) is 0 Å². The van der Waals surface area contributed by atoms with E-state index in [1.54, 1.807) is 7.11 Å². The van der Waals surface area contributed by atoms with Crippen LogP contribution in [0.2, 0.25) is 0 Å². The van der Waals surface area contributed by atoms with Crippen molar-refractivity contribution in [3.8, 4) is 0 Å². The molecule has 0 radical (unpaired) electrons. The summed E-state index contributed by atoms with van der Waals surface area (Å²) in [5.74, 6) is 0.476. The first-order valence-corrected chi connectivity index (χ1v) is 16.2. The van der Waals surface area contributed by atoms with Gasteiger partial charge in [0.2, 0.25) is 0 Å². The average Bonchev–Trinajstić information content (AvgIpc) is 2.90. The number of allylic oxidation sites excluding steroid dienone is 4. The number of ether oxygens (including phenoxy) is 1. The molecular formula is C39H62N2O2. The molecule has 0 aromatic heterocycles. The molecule has 3 atom stereocenters. The van der Waals surface area contributed by atoms with Crippen molar-refractivity contribution >= 4 is 23.8 Å². The van der Waals surface area contributed by atoms with Crippen LogP contribution in [-0.2, 0) is 4.74 Å². The fraction of sp³-hybridized carbons (Fsp3) is 0.641. The van der Waals surface area contributed by atoms with E-state index in [0.29, 0.717) is 0 Å². The van der Waals surface area contributed by atoms with E-state index in [4.69, 9.17) is 14.7 Å². The van der Waals surface area contributed by atoms with Crippen LogP contribution in [0.15, 0.2) is 69.2 Å². The summed E-state index contributed by atoms with van der Waals surface area (Å²) in [6, 6.07) is 8.08. The van der Waals surface area contributed by atoms with Gasteiger partial charge < -0.3 is 9.84 Å². The highest BCUT2D eigenvalue weighted by molar-refractivity contribution is 5.86. The fourth-order valence-corrected chi connectivity index (χ4v) is 5.49. The van der Waals surface area contributed by atoms with Gasteiger partial charge in [-0.15, -0.1) is 0 Å². The average molecular weight is 591 g/mol. The molecule has 0 heterocycles. The lowest BCUT2D eigenvalue weighted by molar-refractivity contribution is 0.0546. The van der Waals surface area contributed by atoms with E-state index >= 15 is 0 Å². The van der Waals surface area contributed by atoms with Crippen LogP contribution in [0, 0.1) is 33.5 Å². The van der Waals surface area contributed by atoms with Gasteiger partial charge in [0.1, 0.15) is 0 Å². The van der Waals surface area contributed by atoms with Gasteiger partial charge in [0.05, 0.1) is 17.5 Å². The Labute approximate surface area is 264 Å². The number of hydrogen-bond donors (Lipinski definition) is 1. The lowest BCUT2D eigenvalue weighted by Gasteiger charge is -2.39. The number of aliphatic hydroxyl groups is 1. The van der Waals surface area contributed by atoms with Crippen molar-refractivity contribution in [2.45, 2.75) is 115 Å². The monoisotopic (exact) mass is 590 g/mol. The molecule has 240 valence electrons.